The summed E-state index contributed by atoms with van der Waals surface area (Å²) in [6.07, 6.45) is -2.39. The number of nitrogens with two attached hydrogens (primary N) is 1. The number of pyridine rings is 1. The maximum atomic E-state index is 12.5. The zero-order valence-corrected chi connectivity index (χ0v) is 11.7. The molecule has 118 valence electrons. The first-order valence-corrected chi connectivity index (χ1v) is 6.41. The van der Waals surface area contributed by atoms with Crippen LogP contribution >= 0.6 is 0 Å². The van der Waals surface area contributed by atoms with Crippen molar-refractivity contribution in [3.63, 3.8) is 0 Å². The molecule has 9 heteroatoms. The number of hydrogen-bond acceptors (Lipinski definition) is 4. The van der Waals surface area contributed by atoms with Gasteiger partial charge >= 0.3 is 6.18 Å². The largest absolute Gasteiger partial charge is 0.417 e. The number of nitrogens with one attached hydrogen (secondary N) is 1. The molecule has 0 aliphatic heterocycles. The van der Waals surface area contributed by atoms with Crippen molar-refractivity contribution in [3.05, 3.63) is 41.3 Å². The fourth-order valence-electron chi connectivity index (χ4n) is 1.82. The number of amides is 1. The molecule has 0 aromatic carbocycles. The third kappa shape index (κ3) is 3.25. The van der Waals surface area contributed by atoms with Gasteiger partial charge < -0.3 is 11.1 Å². The Morgan fingerprint density at radius 2 is 2.09 bits per heavy atom. The third-order valence-electron chi connectivity index (χ3n) is 2.98. The number of rotatable bonds is 4. The standard InChI is InChI=1S/C13H14F3N5O/c1-8-10(12(22)18-5-4-17)7-20-21(8)11-3-2-9(6-19-11)13(14,15)16/h2-3,6-7H,4-5,17H2,1H3,(H,18,22). The molecule has 0 saturated carbocycles. The number of carbonyl (C=O) groups is 1. The molecule has 2 aromatic rings. The second-order valence-corrected chi connectivity index (χ2v) is 4.50. The van der Waals surface area contributed by atoms with Crippen molar-refractivity contribution in [3.8, 4) is 5.82 Å². The number of carbonyl (C=O) groups excluding carboxylic acids is 1. The fraction of sp³-hybridized carbons (Fsp3) is 0.308. The zero-order valence-electron chi connectivity index (χ0n) is 11.7. The molecule has 0 radical (unpaired) electrons. The minimum absolute atomic E-state index is 0.198. The summed E-state index contributed by atoms with van der Waals surface area (Å²) in [5.41, 5.74) is 5.24. The van der Waals surface area contributed by atoms with Gasteiger partial charge in [-0.25, -0.2) is 9.67 Å². The van der Waals surface area contributed by atoms with E-state index in [2.05, 4.69) is 15.4 Å². The van der Waals surface area contributed by atoms with Gasteiger partial charge in [0.1, 0.15) is 0 Å². The summed E-state index contributed by atoms with van der Waals surface area (Å²) in [5, 5.41) is 6.58. The Balaban J connectivity index is 2.27. The number of alkyl halides is 3. The first-order chi connectivity index (χ1) is 10.3. The van der Waals surface area contributed by atoms with Crippen LogP contribution in [0.1, 0.15) is 21.6 Å². The van der Waals surface area contributed by atoms with E-state index in [1.54, 1.807) is 6.92 Å². The fourth-order valence-corrected chi connectivity index (χ4v) is 1.82. The van der Waals surface area contributed by atoms with Crippen LogP contribution in [0.3, 0.4) is 0 Å². The molecule has 2 aromatic heterocycles. The van der Waals surface area contributed by atoms with E-state index < -0.39 is 11.7 Å². The minimum atomic E-state index is -4.45. The Kier molecular flexibility index (Phi) is 4.45. The molecule has 0 aliphatic carbocycles. The van der Waals surface area contributed by atoms with Gasteiger partial charge in [-0.15, -0.1) is 0 Å². The normalized spacial score (nSPS) is 11.5. The van der Waals surface area contributed by atoms with Crippen molar-refractivity contribution in [2.45, 2.75) is 13.1 Å². The van der Waals surface area contributed by atoms with Crippen molar-refractivity contribution in [2.24, 2.45) is 5.73 Å². The summed E-state index contributed by atoms with van der Waals surface area (Å²) in [4.78, 5) is 15.6. The van der Waals surface area contributed by atoms with Crippen LogP contribution in [-0.2, 0) is 6.18 Å². The van der Waals surface area contributed by atoms with Crippen molar-refractivity contribution in [1.29, 1.82) is 0 Å². The van der Waals surface area contributed by atoms with Gasteiger partial charge in [0, 0.05) is 19.3 Å². The Morgan fingerprint density at radius 1 is 1.36 bits per heavy atom. The summed E-state index contributed by atoms with van der Waals surface area (Å²) >= 11 is 0. The van der Waals surface area contributed by atoms with E-state index in [4.69, 9.17) is 5.73 Å². The number of aromatic nitrogens is 3. The minimum Gasteiger partial charge on any atom is -0.351 e. The van der Waals surface area contributed by atoms with Gasteiger partial charge in [-0.05, 0) is 19.1 Å². The van der Waals surface area contributed by atoms with E-state index in [0.29, 0.717) is 24.3 Å². The van der Waals surface area contributed by atoms with E-state index in [1.807, 2.05) is 0 Å². The van der Waals surface area contributed by atoms with E-state index in [9.17, 15) is 18.0 Å². The molecule has 0 saturated heterocycles. The lowest BCUT2D eigenvalue weighted by atomic mass is 10.2. The van der Waals surface area contributed by atoms with Gasteiger partial charge in [-0.3, -0.25) is 4.79 Å². The van der Waals surface area contributed by atoms with Crippen molar-refractivity contribution < 1.29 is 18.0 Å². The first kappa shape index (κ1) is 16.0. The lowest BCUT2D eigenvalue weighted by Crippen LogP contribution is -2.29. The molecule has 0 fully saturated rings. The Hall–Kier alpha value is -2.42. The molecule has 1 amide bonds. The molecule has 0 bridgehead atoms. The summed E-state index contributed by atoms with van der Waals surface area (Å²) in [5.74, 6) is -0.149. The molecule has 3 N–H and O–H groups in total. The van der Waals surface area contributed by atoms with Crippen LogP contribution in [0.2, 0.25) is 0 Å². The SMILES string of the molecule is Cc1c(C(=O)NCCN)cnn1-c1ccc(C(F)(F)F)cn1. The molecular formula is C13H14F3N5O. The highest BCUT2D eigenvalue weighted by molar-refractivity contribution is 5.95. The van der Waals surface area contributed by atoms with Crippen LogP contribution in [0.5, 0.6) is 0 Å². The number of nitrogens with zero attached hydrogens (tertiary/aromatic N) is 3. The number of halogens is 3. The van der Waals surface area contributed by atoms with Gasteiger partial charge in [0.25, 0.3) is 5.91 Å². The second-order valence-electron chi connectivity index (χ2n) is 4.50. The number of hydrogen-bond donors (Lipinski definition) is 2. The second kappa shape index (κ2) is 6.14. The molecule has 2 heterocycles. The lowest BCUT2D eigenvalue weighted by molar-refractivity contribution is -0.137. The first-order valence-electron chi connectivity index (χ1n) is 6.41. The Bertz CT molecular complexity index is 663. The van der Waals surface area contributed by atoms with Crippen molar-refractivity contribution in [2.75, 3.05) is 13.1 Å². The molecule has 6 nitrogen and oxygen atoms in total. The smallest absolute Gasteiger partial charge is 0.351 e. The zero-order chi connectivity index (χ0) is 16.3. The van der Waals surface area contributed by atoms with Gasteiger partial charge in [0.2, 0.25) is 0 Å². The van der Waals surface area contributed by atoms with Crippen LogP contribution < -0.4 is 11.1 Å². The van der Waals surface area contributed by atoms with Crippen LogP contribution in [0.4, 0.5) is 13.2 Å². The molecule has 22 heavy (non-hydrogen) atoms. The van der Waals surface area contributed by atoms with E-state index in [0.717, 1.165) is 12.3 Å². The maximum Gasteiger partial charge on any atom is 0.417 e. The highest BCUT2D eigenvalue weighted by Crippen LogP contribution is 2.28. The topological polar surface area (TPSA) is 85.8 Å². The average molecular weight is 313 g/mol. The third-order valence-corrected chi connectivity index (χ3v) is 2.98. The van der Waals surface area contributed by atoms with Gasteiger partial charge in [-0.2, -0.15) is 18.3 Å². The highest BCUT2D eigenvalue weighted by atomic mass is 19.4. The molecule has 0 unspecified atom stereocenters. The molecule has 2 rings (SSSR count). The Morgan fingerprint density at radius 3 is 2.64 bits per heavy atom. The Labute approximate surface area is 124 Å². The predicted molar refractivity (Wildman–Crippen MR) is 72.5 cm³/mol. The van der Waals surface area contributed by atoms with Crippen LogP contribution in [0, 0.1) is 6.92 Å². The lowest BCUT2D eigenvalue weighted by Gasteiger charge is -2.08. The summed E-state index contributed by atoms with van der Waals surface area (Å²) in [6, 6.07) is 2.11. The van der Waals surface area contributed by atoms with Gasteiger partial charge in [-0.1, -0.05) is 0 Å². The predicted octanol–water partition coefficient (Wildman–Crippen LogP) is 1.28. The summed E-state index contributed by atoms with van der Waals surface area (Å²) in [7, 11) is 0. The van der Waals surface area contributed by atoms with Crippen LogP contribution in [0.15, 0.2) is 24.5 Å². The summed E-state index contributed by atoms with van der Waals surface area (Å²) < 4.78 is 38.8. The molecular weight excluding hydrogens is 299 g/mol. The van der Waals surface area contributed by atoms with Crippen molar-refractivity contribution in [1.82, 2.24) is 20.1 Å². The summed E-state index contributed by atoms with van der Waals surface area (Å²) in [6.45, 7) is 2.26. The van der Waals surface area contributed by atoms with Gasteiger partial charge in [0.05, 0.1) is 23.0 Å². The van der Waals surface area contributed by atoms with E-state index in [-0.39, 0.29) is 11.7 Å². The molecule has 0 aliphatic rings. The van der Waals surface area contributed by atoms with Crippen molar-refractivity contribution >= 4 is 5.91 Å². The average Bonchev–Trinajstić information content (AvgIpc) is 2.86. The van der Waals surface area contributed by atoms with E-state index >= 15 is 0 Å². The highest BCUT2D eigenvalue weighted by Gasteiger charge is 2.30. The maximum absolute atomic E-state index is 12.5. The monoisotopic (exact) mass is 313 g/mol. The van der Waals surface area contributed by atoms with Crippen LogP contribution in [0.25, 0.3) is 5.82 Å². The molecule has 0 atom stereocenters. The van der Waals surface area contributed by atoms with E-state index in [1.165, 1.54) is 16.9 Å². The van der Waals surface area contributed by atoms with Crippen LogP contribution in [-0.4, -0.2) is 33.8 Å². The molecule has 0 spiro atoms. The van der Waals surface area contributed by atoms with Gasteiger partial charge in [0.15, 0.2) is 5.82 Å². The quantitative estimate of drug-likeness (QED) is 0.890.